The largest absolute Gasteiger partial charge is 0.481 e. The molecule has 14 heavy (non-hydrogen) atoms. The molecule has 2 heteroatoms. The lowest BCUT2D eigenvalue weighted by Crippen LogP contribution is -2.16. The average Bonchev–Trinajstić information content (AvgIpc) is 2.07. The zero-order chi connectivity index (χ0) is 10.6. The molecule has 2 unspecified atom stereocenters. The van der Waals surface area contributed by atoms with Gasteiger partial charge in [-0.25, -0.2) is 0 Å². The molecular formula is C12H22O2. The van der Waals surface area contributed by atoms with Gasteiger partial charge in [-0.3, -0.25) is 4.79 Å². The van der Waals surface area contributed by atoms with Crippen LogP contribution in [-0.4, -0.2) is 11.1 Å². The van der Waals surface area contributed by atoms with Crippen molar-refractivity contribution in [2.75, 3.05) is 0 Å². The van der Waals surface area contributed by atoms with Crippen LogP contribution in [0.25, 0.3) is 0 Å². The first kappa shape index (κ1) is 11.5. The maximum atomic E-state index is 10.6. The van der Waals surface area contributed by atoms with E-state index in [-0.39, 0.29) is 5.92 Å². The lowest BCUT2D eigenvalue weighted by atomic mass is 9.78. The van der Waals surface area contributed by atoms with Crippen LogP contribution in [0, 0.1) is 17.8 Å². The van der Waals surface area contributed by atoms with E-state index in [2.05, 4.69) is 6.92 Å². The van der Waals surface area contributed by atoms with E-state index in [0.29, 0.717) is 5.92 Å². The molecular weight excluding hydrogens is 176 g/mol. The first-order valence-electron chi connectivity index (χ1n) is 5.82. The Labute approximate surface area is 86.7 Å². The maximum Gasteiger partial charge on any atom is 0.306 e. The molecule has 0 aromatic rings. The van der Waals surface area contributed by atoms with E-state index < -0.39 is 5.97 Å². The Hall–Kier alpha value is -0.530. The third-order valence-electron chi connectivity index (χ3n) is 3.47. The van der Waals surface area contributed by atoms with Crippen molar-refractivity contribution < 1.29 is 9.90 Å². The van der Waals surface area contributed by atoms with Crippen LogP contribution in [0.3, 0.4) is 0 Å². The van der Waals surface area contributed by atoms with Crippen molar-refractivity contribution in [2.24, 2.45) is 17.8 Å². The van der Waals surface area contributed by atoms with Crippen LogP contribution < -0.4 is 0 Å². The highest BCUT2D eigenvalue weighted by molar-refractivity contribution is 5.69. The Balaban J connectivity index is 2.07. The van der Waals surface area contributed by atoms with Gasteiger partial charge >= 0.3 is 5.97 Å². The summed E-state index contributed by atoms with van der Waals surface area (Å²) < 4.78 is 0. The van der Waals surface area contributed by atoms with Gasteiger partial charge in [0.25, 0.3) is 0 Å². The molecule has 0 bridgehead atoms. The molecule has 0 aromatic carbocycles. The predicted octanol–water partition coefficient (Wildman–Crippen LogP) is 3.31. The quantitative estimate of drug-likeness (QED) is 0.711. The van der Waals surface area contributed by atoms with Gasteiger partial charge in [-0.05, 0) is 31.1 Å². The second kappa shape index (κ2) is 5.38. The zero-order valence-corrected chi connectivity index (χ0v) is 9.33. The topological polar surface area (TPSA) is 37.3 Å². The van der Waals surface area contributed by atoms with E-state index in [1.54, 1.807) is 6.92 Å². The minimum atomic E-state index is -0.652. The molecule has 0 aromatic heterocycles. The van der Waals surface area contributed by atoms with Crippen LogP contribution in [0.15, 0.2) is 0 Å². The van der Waals surface area contributed by atoms with Crippen LogP contribution in [0.5, 0.6) is 0 Å². The highest BCUT2D eigenvalue weighted by Gasteiger charge is 2.20. The highest BCUT2D eigenvalue weighted by atomic mass is 16.4. The molecule has 1 fully saturated rings. The Morgan fingerprint density at radius 1 is 1.36 bits per heavy atom. The fraction of sp³-hybridized carbons (Fsp3) is 0.917. The Bertz CT molecular complexity index is 185. The van der Waals surface area contributed by atoms with Gasteiger partial charge in [-0.1, -0.05) is 33.1 Å². The second-order valence-electron chi connectivity index (χ2n) is 4.95. The minimum Gasteiger partial charge on any atom is -0.481 e. The zero-order valence-electron chi connectivity index (χ0n) is 9.33. The summed E-state index contributed by atoms with van der Waals surface area (Å²) in [4.78, 5) is 10.6. The summed E-state index contributed by atoms with van der Waals surface area (Å²) in [7, 11) is 0. The fourth-order valence-electron chi connectivity index (χ4n) is 2.07. The third-order valence-corrected chi connectivity index (χ3v) is 3.47. The summed E-state index contributed by atoms with van der Waals surface area (Å²) in [5.74, 6) is 0.840. The van der Waals surface area contributed by atoms with Crippen molar-refractivity contribution >= 4 is 5.97 Å². The van der Waals surface area contributed by atoms with Gasteiger partial charge in [0.15, 0.2) is 0 Å². The van der Waals surface area contributed by atoms with Crippen LogP contribution in [0.1, 0.15) is 52.4 Å². The summed E-state index contributed by atoms with van der Waals surface area (Å²) in [5.41, 5.74) is 0. The number of carboxylic acid groups (broad SMARTS) is 1. The van der Waals surface area contributed by atoms with Crippen LogP contribution in [0.2, 0.25) is 0 Å². The number of carbonyl (C=O) groups is 1. The van der Waals surface area contributed by atoms with Crippen LogP contribution in [-0.2, 0) is 4.79 Å². The van der Waals surface area contributed by atoms with Crippen molar-refractivity contribution in [3.05, 3.63) is 0 Å². The van der Waals surface area contributed by atoms with Gasteiger partial charge in [0, 0.05) is 0 Å². The lowest BCUT2D eigenvalue weighted by molar-refractivity contribution is -0.141. The normalized spacial score (nSPS) is 21.3. The molecule has 0 aliphatic heterocycles. The first-order valence-corrected chi connectivity index (χ1v) is 5.82. The second-order valence-corrected chi connectivity index (χ2v) is 4.95. The number of hydrogen-bond acceptors (Lipinski definition) is 1. The number of aliphatic carboxylic acids is 1. The molecule has 1 N–H and O–H groups in total. The molecule has 2 atom stereocenters. The summed E-state index contributed by atoms with van der Waals surface area (Å²) in [6.45, 7) is 4.06. The molecule has 2 nitrogen and oxygen atoms in total. The van der Waals surface area contributed by atoms with Gasteiger partial charge in [0.2, 0.25) is 0 Å². The molecule has 0 saturated heterocycles. The Kier molecular flexibility index (Phi) is 4.43. The average molecular weight is 198 g/mol. The monoisotopic (exact) mass is 198 g/mol. The van der Waals surface area contributed by atoms with Crippen molar-refractivity contribution in [3.63, 3.8) is 0 Å². The summed E-state index contributed by atoms with van der Waals surface area (Å²) in [5, 5.41) is 8.73. The summed E-state index contributed by atoms with van der Waals surface area (Å²) in [6, 6.07) is 0. The van der Waals surface area contributed by atoms with E-state index in [1.165, 1.54) is 25.7 Å². The third kappa shape index (κ3) is 3.69. The smallest absolute Gasteiger partial charge is 0.306 e. The van der Waals surface area contributed by atoms with E-state index in [9.17, 15) is 4.79 Å². The van der Waals surface area contributed by atoms with E-state index in [1.807, 2.05) is 0 Å². The molecule has 0 amide bonds. The number of rotatable bonds is 6. The Morgan fingerprint density at radius 3 is 2.43 bits per heavy atom. The van der Waals surface area contributed by atoms with Gasteiger partial charge in [0.1, 0.15) is 0 Å². The predicted molar refractivity (Wildman–Crippen MR) is 57.2 cm³/mol. The van der Waals surface area contributed by atoms with Crippen LogP contribution in [0.4, 0.5) is 0 Å². The molecule has 0 radical (unpaired) electrons. The number of carboxylic acids is 1. The summed E-state index contributed by atoms with van der Waals surface area (Å²) in [6.07, 6.45) is 7.43. The van der Waals surface area contributed by atoms with Gasteiger partial charge in [0.05, 0.1) is 5.92 Å². The highest BCUT2D eigenvalue weighted by Crippen LogP contribution is 2.33. The van der Waals surface area contributed by atoms with Gasteiger partial charge in [-0.2, -0.15) is 0 Å². The molecule has 0 heterocycles. The van der Waals surface area contributed by atoms with Crippen molar-refractivity contribution in [3.8, 4) is 0 Å². The molecule has 1 aliphatic rings. The lowest BCUT2D eigenvalue weighted by Gasteiger charge is -2.28. The van der Waals surface area contributed by atoms with Gasteiger partial charge < -0.3 is 5.11 Å². The van der Waals surface area contributed by atoms with E-state index >= 15 is 0 Å². The Morgan fingerprint density at radius 2 is 2.00 bits per heavy atom. The van der Waals surface area contributed by atoms with Crippen LogP contribution >= 0.6 is 0 Å². The van der Waals surface area contributed by atoms with Crippen molar-refractivity contribution in [1.29, 1.82) is 0 Å². The SMILES string of the molecule is CC(CCC(C)C(=O)O)CC1CCC1. The minimum absolute atomic E-state index is 0.168. The molecule has 0 spiro atoms. The van der Waals surface area contributed by atoms with E-state index in [4.69, 9.17) is 5.11 Å². The van der Waals surface area contributed by atoms with Crippen molar-refractivity contribution in [2.45, 2.75) is 52.4 Å². The van der Waals surface area contributed by atoms with Crippen molar-refractivity contribution in [1.82, 2.24) is 0 Å². The standard InChI is InChI=1S/C12H22O2/c1-9(8-11-4-3-5-11)6-7-10(2)12(13)14/h9-11H,3-8H2,1-2H3,(H,13,14). The van der Waals surface area contributed by atoms with E-state index in [0.717, 1.165) is 18.8 Å². The number of hydrogen-bond donors (Lipinski definition) is 1. The maximum absolute atomic E-state index is 10.6. The first-order chi connectivity index (χ1) is 6.59. The molecule has 82 valence electrons. The molecule has 1 saturated carbocycles. The summed E-state index contributed by atoms with van der Waals surface area (Å²) >= 11 is 0. The van der Waals surface area contributed by atoms with Gasteiger partial charge in [-0.15, -0.1) is 0 Å². The fourth-order valence-corrected chi connectivity index (χ4v) is 2.07. The molecule has 1 rings (SSSR count). The molecule has 1 aliphatic carbocycles.